The Bertz CT molecular complexity index is 1440. The zero-order chi connectivity index (χ0) is 27.9. The number of fused-ring (bicyclic) bond motifs is 3. The number of aromatic amines is 1. The van der Waals surface area contributed by atoms with Gasteiger partial charge < -0.3 is 30.4 Å². The van der Waals surface area contributed by atoms with E-state index in [0.717, 1.165) is 36.8 Å². The van der Waals surface area contributed by atoms with Crippen LogP contribution in [-0.2, 0) is 11.2 Å². The molecule has 1 aliphatic heterocycles. The Morgan fingerprint density at radius 2 is 1.77 bits per heavy atom. The molecule has 1 unspecified atom stereocenters. The number of amides is 2. The Hall–Kier alpha value is -3.88. The predicted octanol–water partition coefficient (Wildman–Crippen LogP) is 5.33. The molecule has 8 nitrogen and oxygen atoms in total. The maximum Gasteiger partial charge on any atom is 0.338 e. The van der Waals surface area contributed by atoms with Gasteiger partial charge in [0.05, 0.1) is 18.3 Å². The molecular weight excluding hydrogens is 504 g/mol. The fraction of sp³-hybridized carbons (Fsp3) is 0.375. The van der Waals surface area contributed by atoms with E-state index in [1.54, 1.807) is 31.2 Å². The Morgan fingerprint density at radius 3 is 2.55 bits per heavy atom. The highest BCUT2D eigenvalue weighted by atomic mass is 16.5. The van der Waals surface area contributed by atoms with Gasteiger partial charge in [-0.15, -0.1) is 0 Å². The minimum atomic E-state index is -0.415. The molecule has 1 aliphatic rings. The van der Waals surface area contributed by atoms with Crippen molar-refractivity contribution in [1.82, 2.24) is 15.2 Å². The van der Waals surface area contributed by atoms with Crippen LogP contribution < -0.4 is 10.6 Å². The fourth-order valence-corrected chi connectivity index (χ4v) is 5.51. The maximum absolute atomic E-state index is 12.7. The topological polar surface area (TPSA) is 107 Å². The highest BCUT2D eigenvalue weighted by molar-refractivity contribution is 6.08. The Labute approximate surface area is 234 Å². The van der Waals surface area contributed by atoms with E-state index in [-0.39, 0.29) is 12.0 Å². The highest BCUT2D eigenvalue weighted by Gasteiger charge is 2.23. The number of ether oxygens (including phenoxy) is 1. The summed E-state index contributed by atoms with van der Waals surface area (Å²) in [5.41, 5.74) is 4.65. The summed E-state index contributed by atoms with van der Waals surface area (Å²) < 4.78 is 4.99. The lowest BCUT2D eigenvalue weighted by atomic mass is 9.96. The van der Waals surface area contributed by atoms with Crippen molar-refractivity contribution in [2.24, 2.45) is 5.92 Å². The second-order valence-corrected chi connectivity index (χ2v) is 10.5. The molecule has 0 bridgehead atoms. The number of para-hydroxylation sites is 1. The van der Waals surface area contributed by atoms with Crippen LogP contribution in [0.2, 0.25) is 0 Å². The first-order valence-electron chi connectivity index (χ1n) is 14.2. The third-order valence-corrected chi connectivity index (χ3v) is 7.73. The standard InChI is InChI=1S/C32H38N4O4/c1-2-40-31(38)24-10-13-25(14-11-24)34-32(39)36-18-16-22(17-19-36)20-33-21-26(37)15-12-23-6-5-9-29-30(23)27-7-3-4-8-28(27)35-29/h3-11,13-14,22,26,33,35,37H,2,12,15-21H2,1H3,(H,34,39). The van der Waals surface area contributed by atoms with Gasteiger partial charge in [-0.1, -0.05) is 30.3 Å². The van der Waals surface area contributed by atoms with Crippen LogP contribution in [0.5, 0.6) is 0 Å². The first kappa shape index (κ1) is 27.7. The summed E-state index contributed by atoms with van der Waals surface area (Å²) >= 11 is 0. The van der Waals surface area contributed by atoms with Crippen LogP contribution in [0.3, 0.4) is 0 Å². The van der Waals surface area contributed by atoms with E-state index in [1.165, 1.54) is 16.3 Å². The van der Waals surface area contributed by atoms with Gasteiger partial charge in [0.1, 0.15) is 0 Å². The molecule has 8 heteroatoms. The van der Waals surface area contributed by atoms with Crippen molar-refractivity contribution in [3.8, 4) is 0 Å². The average molecular weight is 543 g/mol. The van der Waals surface area contributed by atoms with E-state index in [1.807, 2.05) is 11.0 Å². The summed E-state index contributed by atoms with van der Waals surface area (Å²) in [7, 11) is 0. The summed E-state index contributed by atoms with van der Waals surface area (Å²) in [6.07, 6.45) is 2.94. The van der Waals surface area contributed by atoms with Crippen molar-refractivity contribution in [2.75, 3.05) is 38.1 Å². The predicted molar refractivity (Wildman–Crippen MR) is 159 cm³/mol. The van der Waals surface area contributed by atoms with E-state index in [9.17, 15) is 14.7 Å². The highest BCUT2D eigenvalue weighted by Crippen LogP contribution is 2.29. The van der Waals surface area contributed by atoms with Crippen LogP contribution in [0.4, 0.5) is 10.5 Å². The minimum Gasteiger partial charge on any atom is -0.462 e. The van der Waals surface area contributed by atoms with Gasteiger partial charge in [-0.2, -0.15) is 0 Å². The maximum atomic E-state index is 12.7. The first-order valence-corrected chi connectivity index (χ1v) is 14.2. The average Bonchev–Trinajstić information content (AvgIpc) is 3.36. The number of hydrogen-bond donors (Lipinski definition) is 4. The summed E-state index contributed by atoms with van der Waals surface area (Å²) in [5.74, 6) is 0.103. The van der Waals surface area contributed by atoms with Gasteiger partial charge in [0.2, 0.25) is 0 Å². The number of H-pyrrole nitrogens is 1. The van der Waals surface area contributed by atoms with Crippen molar-refractivity contribution in [2.45, 2.75) is 38.7 Å². The molecule has 4 N–H and O–H groups in total. The number of hydrogen-bond acceptors (Lipinski definition) is 5. The minimum absolute atomic E-state index is 0.129. The van der Waals surface area contributed by atoms with Crippen molar-refractivity contribution in [3.63, 3.8) is 0 Å². The molecule has 1 aromatic heterocycles. The molecule has 210 valence electrons. The summed E-state index contributed by atoms with van der Waals surface area (Å²) in [5, 5.41) is 19.5. The van der Waals surface area contributed by atoms with E-state index in [2.05, 4.69) is 52.0 Å². The SMILES string of the molecule is CCOC(=O)c1ccc(NC(=O)N2CCC(CNCC(O)CCc3cccc4[nH]c5ccccc5c34)CC2)cc1. The molecule has 3 aromatic carbocycles. The van der Waals surface area contributed by atoms with E-state index in [0.29, 0.717) is 49.8 Å². The molecule has 1 saturated heterocycles. The number of benzene rings is 3. The molecule has 0 saturated carbocycles. The lowest BCUT2D eigenvalue weighted by molar-refractivity contribution is 0.0526. The second-order valence-electron chi connectivity index (χ2n) is 10.5. The van der Waals surface area contributed by atoms with E-state index < -0.39 is 6.10 Å². The number of aliphatic hydroxyl groups is 1. The smallest absolute Gasteiger partial charge is 0.338 e. The number of rotatable bonds is 10. The number of urea groups is 1. The first-order chi connectivity index (χ1) is 19.5. The molecule has 4 aromatic rings. The van der Waals surface area contributed by atoms with Gasteiger partial charge >= 0.3 is 12.0 Å². The molecule has 2 amide bonds. The van der Waals surface area contributed by atoms with Crippen LogP contribution >= 0.6 is 0 Å². The van der Waals surface area contributed by atoms with Gasteiger partial charge in [0.25, 0.3) is 0 Å². The molecule has 1 atom stereocenters. The molecule has 1 fully saturated rings. The number of aliphatic hydroxyl groups excluding tert-OH is 1. The van der Waals surface area contributed by atoms with Crippen molar-refractivity contribution >= 4 is 39.5 Å². The van der Waals surface area contributed by atoms with Crippen LogP contribution in [0.1, 0.15) is 42.1 Å². The quantitative estimate of drug-likeness (QED) is 0.203. The van der Waals surface area contributed by atoms with Crippen LogP contribution in [0.15, 0.2) is 66.7 Å². The van der Waals surface area contributed by atoms with Gasteiger partial charge in [-0.25, -0.2) is 9.59 Å². The number of nitrogens with one attached hydrogen (secondary N) is 3. The number of carbonyl (C=O) groups is 2. The van der Waals surface area contributed by atoms with Gasteiger partial charge in [0.15, 0.2) is 0 Å². The summed E-state index contributed by atoms with van der Waals surface area (Å²) in [6.45, 7) is 4.87. The zero-order valence-corrected chi connectivity index (χ0v) is 23.0. The third kappa shape index (κ3) is 6.63. The van der Waals surface area contributed by atoms with Crippen LogP contribution in [0, 0.1) is 5.92 Å². The lowest BCUT2D eigenvalue weighted by Crippen LogP contribution is -2.43. The number of aromatic nitrogens is 1. The van der Waals surface area contributed by atoms with Gasteiger partial charge in [-0.3, -0.25) is 0 Å². The van der Waals surface area contributed by atoms with Crippen molar-refractivity contribution in [1.29, 1.82) is 0 Å². The lowest BCUT2D eigenvalue weighted by Gasteiger charge is -2.32. The third-order valence-electron chi connectivity index (χ3n) is 7.73. The fourth-order valence-electron chi connectivity index (χ4n) is 5.51. The molecule has 5 rings (SSSR count). The summed E-state index contributed by atoms with van der Waals surface area (Å²) in [6, 6.07) is 21.3. The number of nitrogens with zero attached hydrogens (tertiary/aromatic N) is 1. The van der Waals surface area contributed by atoms with E-state index in [4.69, 9.17) is 4.74 Å². The monoisotopic (exact) mass is 542 g/mol. The molecule has 0 radical (unpaired) electrons. The molecule has 40 heavy (non-hydrogen) atoms. The number of carbonyl (C=O) groups excluding carboxylic acids is 2. The van der Waals surface area contributed by atoms with Gasteiger partial charge in [0, 0.05) is 47.1 Å². The van der Waals surface area contributed by atoms with Crippen LogP contribution in [-0.4, -0.2) is 65.9 Å². The second kappa shape index (κ2) is 13.0. The van der Waals surface area contributed by atoms with E-state index >= 15 is 0 Å². The number of anilines is 1. The Morgan fingerprint density at radius 1 is 1.02 bits per heavy atom. The van der Waals surface area contributed by atoms with Crippen molar-refractivity contribution in [3.05, 3.63) is 77.9 Å². The van der Waals surface area contributed by atoms with Crippen molar-refractivity contribution < 1.29 is 19.4 Å². The molecular formula is C32H38N4O4. The Balaban J connectivity index is 1.02. The number of likely N-dealkylation sites (tertiary alicyclic amines) is 1. The largest absolute Gasteiger partial charge is 0.462 e. The molecule has 2 heterocycles. The zero-order valence-electron chi connectivity index (χ0n) is 23.0. The number of esters is 1. The molecule has 0 aliphatic carbocycles. The number of piperidine rings is 1. The Kier molecular flexibility index (Phi) is 8.98. The normalized spacial score (nSPS) is 14.9. The number of aryl methyl sites for hydroxylation is 1. The van der Waals surface area contributed by atoms with Crippen LogP contribution in [0.25, 0.3) is 21.8 Å². The van der Waals surface area contributed by atoms with Gasteiger partial charge in [-0.05, 0) is 87.0 Å². The molecule has 0 spiro atoms. The summed E-state index contributed by atoms with van der Waals surface area (Å²) in [4.78, 5) is 29.8.